The van der Waals surface area contributed by atoms with Crippen molar-refractivity contribution < 1.29 is 4.79 Å². The van der Waals surface area contributed by atoms with Crippen LogP contribution in [-0.2, 0) is 0 Å². The molecule has 1 atom stereocenters. The zero-order chi connectivity index (χ0) is 12.8. The molecule has 0 fully saturated rings. The van der Waals surface area contributed by atoms with Gasteiger partial charge in [0.1, 0.15) is 11.5 Å². The van der Waals surface area contributed by atoms with Gasteiger partial charge in [-0.1, -0.05) is 0 Å². The molecular formula is C11H18N4OS. The first kappa shape index (κ1) is 13.8. The average Bonchev–Trinajstić information content (AvgIpc) is 2.37. The summed E-state index contributed by atoms with van der Waals surface area (Å²) in [6.45, 7) is 2.02. The molecule has 1 heterocycles. The summed E-state index contributed by atoms with van der Waals surface area (Å²) in [5.74, 6) is 1.47. The molecule has 6 heteroatoms. The molecule has 17 heavy (non-hydrogen) atoms. The number of amides is 1. The smallest absolute Gasteiger partial charge is 0.274 e. The van der Waals surface area contributed by atoms with Crippen molar-refractivity contribution in [1.29, 1.82) is 0 Å². The van der Waals surface area contributed by atoms with Crippen molar-refractivity contribution in [3.8, 4) is 0 Å². The predicted octanol–water partition coefficient (Wildman–Crippen LogP) is 1.34. The number of carbonyl (C=O) groups is 1. The van der Waals surface area contributed by atoms with Gasteiger partial charge in [0.25, 0.3) is 5.91 Å². The Morgan fingerprint density at radius 3 is 2.71 bits per heavy atom. The molecule has 0 aliphatic heterocycles. The zero-order valence-corrected chi connectivity index (χ0v) is 11.4. The molecule has 0 saturated carbocycles. The standard InChI is InChI=1S/C11H18N4OS/c1-8(7-17-4)15(3)11(16)9-5-14-10(12-2)6-13-9/h5-6,8H,7H2,1-4H3,(H,12,14). The van der Waals surface area contributed by atoms with Crippen molar-refractivity contribution in [3.63, 3.8) is 0 Å². The first-order valence-corrected chi connectivity index (χ1v) is 6.75. The molecule has 1 aromatic rings. The van der Waals surface area contributed by atoms with Gasteiger partial charge in [-0.3, -0.25) is 4.79 Å². The lowest BCUT2D eigenvalue weighted by Gasteiger charge is -2.23. The minimum atomic E-state index is -0.0956. The highest BCUT2D eigenvalue weighted by Crippen LogP contribution is 2.08. The maximum absolute atomic E-state index is 12.1. The van der Waals surface area contributed by atoms with Crippen LogP contribution in [0.3, 0.4) is 0 Å². The highest BCUT2D eigenvalue weighted by molar-refractivity contribution is 7.98. The van der Waals surface area contributed by atoms with Crippen molar-refractivity contribution in [2.75, 3.05) is 31.4 Å². The molecule has 0 aliphatic rings. The van der Waals surface area contributed by atoms with Crippen LogP contribution in [0.5, 0.6) is 0 Å². The Bertz CT molecular complexity index is 368. The van der Waals surface area contributed by atoms with Gasteiger partial charge >= 0.3 is 0 Å². The normalized spacial score (nSPS) is 12.0. The number of thioether (sulfide) groups is 1. The molecule has 0 aliphatic carbocycles. The average molecular weight is 254 g/mol. The van der Waals surface area contributed by atoms with Gasteiger partial charge in [0.15, 0.2) is 0 Å². The quantitative estimate of drug-likeness (QED) is 0.859. The SMILES string of the molecule is CNc1cnc(C(=O)N(C)C(C)CSC)cn1. The second kappa shape index (κ2) is 6.44. The number of carbonyl (C=O) groups excluding carboxylic acids is 1. The first-order valence-electron chi connectivity index (χ1n) is 5.36. The van der Waals surface area contributed by atoms with Crippen LogP contribution < -0.4 is 5.32 Å². The Morgan fingerprint density at radius 1 is 1.53 bits per heavy atom. The topological polar surface area (TPSA) is 58.1 Å². The maximum Gasteiger partial charge on any atom is 0.274 e. The minimum absolute atomic E-state index is 0.0956. The summed E-state index contributed by atoms with van der Waals surface area (Å²) >= 11 is 1.72. The van der Waals surface area contributed by atoms with Gasteiger partial charge in [-0.05, 0) is 13.2 Å². The summed E-state index contributed by atoms with van der Waals surface area (Å²) in [4.78, 5) is 21.9. The Balaban J connectivity index is 2.74. The van der Waals surface area contributed by atoms with Gasteiger partial charge in [0, 0.05) is 25.9 Å². The number of nitrogens with zero attached hydrogens (tertiary/aromatic N) is 3. The summed E-state index contributed by atoms with van der Waals surface area (Å²) in [6, 6.07) is 0.184. The molecule has 0 bridgehead atoms. The fraction of sp³-hybridized carbons (Fsp3) is 0.545. The lowest BCUT2D eigenvalue weighted by molar-refractivity contribution is 0.0751. The van der Waals surface area contributed by atoms with E-state index in [0.29, 0.717) is 11.5 Å². The van der Waals surface area contributed by atoms with E-state index in [9.17, 15) is 4.79 Å². The van der Waals surface area contributed by atoms with Gasteiger partial charge in [0.05, 0.1) is 12.4 Å². The number of aromatic nitrogens is 2. The summed E-state index contributed by atoms with van der Waals surface area (Å²) in [6.07, 6.45) is 5.08. The van der Waals surface area contributed by atoms with E-state index >= 15 is 0 Å². The largest absolute Gasteiger partial charge is 0.372 e. The molecule has 0 aromatic carbocycles. The van der Waals surface area contributed by atoms with Crippen LogP contribution in [0.1, 0.15) is 17.4 Å². The highest BCUT2D eigenvalue weighted by atomic mass is 32.2. The Kier molecular flexibility index (Phi) is 5.21. The lowest BCUT2D eigenvalue weighted by atomic mass is 10.3. The predicted molar refractivity (Wildman–Crippen MR) is 71.5 cm³/mol. The molecule has 1 aromatic heterocycles. The van der Waals surface area contributed by atoms with Gasteiger partial charge < -0.3 is 10.2 Å². The number of anilines is 1. The number of hydrogen-bond acceptors (Lipinski definition) is 5. The van der Waals surface area contributed by atoms with Gasteiger partial charge in [-0.15, -0.1) is 0 Å². The van der Waals surface area contributed by atoms with E-state index in [0.717, 1.165) is 5.75 Å². The molecule has 1 unspecified atom stereocenters. The molecule has 0 radical (unpaired) electrons. The van der Waals surface area contributed by atoms with E-state index in [4.69, 9.17) is 0 Å². The van der Waals surface area contributed by atoms with Crippen LogP contribution in [0.25, 0.3) is 0 Å². The molecule has 1 rings (SSSR count). The van der Waals surface area contributed by atoms with Crippen molar-refractivity contribution in [2.45, 2.75) is 13.0 Å². The Hall–Kier alpha value is -1.30. The van der Waals surface area contributed by atoms with Crippen LogP contribution in [0.2, 0.25) is 0 Å². The monoisotopic (exact) mass is 254 g/mol. The van der Waals surface area contributed by atoms with E-state index in [2.05, 4.69) is 15.3 Å². The van der Waals surface area contributed by atoms with Crippen molar-refractivity contribution in [1.82, 2.24) is 14.9 Å². The molecular weight excluding hydrogens is 236 g/mol. The van der Waals surface area contributed by atoms with E-state index in [1.54, 1.807) is 37.0 Å². The van der Waals surface area contributed by atoms with Crippen molar-refractivity contribution in [3.05, 3.63) is 18.1 Å². The zero-order valence-electron chi connectivity index (χ0n) is 10.6. The van der Waals surface area contributed by atoms with E-state index in [-0.39, 0.29) is 11.9 Å². The van der Waals surface area contributed by atoms with Crippen LogP contribution >= 0.6 is 11.8 Å². The Labute approximate surface area is 106 Å². The van der Waals surface area contributed by atoms with Crippen LogP contribution in [-0.4, -0.2) is 52.9 Å². The summed E-state index contributed by atoms with van der Waals surface area (Å²) in [5, 5.41) is 2.86. The first-order chi connectivity index (χ1) is 8.10. The molecule has 1 N–H and O–H groups in total. The van der Waals surface area contributed by atoms with Crippen LogP contribution in [0.15, 0.2) is 12.4 Å². The fourth-order valence-electron chi connectivity index (χ4n) is 1.30. The Morgan fingerprint density at radius 2 is 2.24 bits per heavy atom. The molecule has 0 saturated heterocycles. The maximum atomic E-state index is 12.1. The molecule has 1 amide bonds. The molecule has 0 spiro atoms. The number of rotatable bonds is 5. The van der Waals surface area contributed by atoms with Crippen LogP contribution in [0.4, 0.5) is 5.82 Å². The van der Waals surface area contributed by atoms with E-state index in [1.165, 1.54) is 6.20 Å². The van der Waals surface area contributed by atoms with Crippen LogP contribution in [0, 0.1) is 0 Å². The lowest BCUT2D eigenvalue weighted by Crippen LogP contribution is -2.37. The van der Waals surface area contributed by atoms with E-state index in [1.807, 2.05) is 13.2 Å². The fourth-order valence-corrected chi connectivity index (χ4v) is 2.01. The van der Waals surface area contributed by atoms with Crippen molar-refractivity contribution in [2.24, 2.45) is 0 Å². The van der Waals surface area contributed by atoms with Crippen molar-refractivity contribution >= 4 is 23.5 Å². The molecule has 5 nitrogen and oxygen atoms in total. The van der Waals surface area contributed by atoms with E-state index < -0.39 is 0 Å². The summed E-state index contributed by atoms with van der Waals surface area (Å²) in [7, 11) is 3.55. The highest BCUT2D eigenvalue weighted by Gasteiger charge is 2.18. The van der Waals surface area contributed by atoms with Gasteiger partial charge in [-0.2, -0.15) is 11.8 Å². The third-order valence-corrected chi connectivity index (χ3v) is 3.33. The second-order valence-electron chi connectivity index (χ2n) is 3.76. The number of hydrogen-bond donors (Lipinski definition) is 1. The summed E-state index contributed by atoms with van der Waals surface area (Å²) < 4.78 is 0. The third-order valence-electron chi connectivity index (χ3n) is 2.52. The number of nitrogens with one attached hydrogen (secondary N) is 1. The second-order valence-corrected chi connectivity index (χ2v) is 4.67. The summed E-state index contributed by atoms with van der Waals surface area (Å²) in [5.41, 5.74) is 0.374. The van der Waals surface area contributed by atoms with Gasteiger partial charge in [-0.25, -0.2) is 9.97 Å². The third kappa shape index (κ3) is 3.59. The minimum Gasteiger partial charge on any atom is -0.372 e. The van der Waals surface area contributed by atoms with Gasteiger partial charge in [0.2, 0.25) is 0 Å². The molecule has 94 valence electrons.